The molecule has 186 valence electrons. The maximum atomic E-state index is 12.1. The summed E-state index contributed by atoms with van der Waals surface area (Å²) in [5.74, 6) is 7.90. The Kier molecular flexibility index (Phi) is 8.84. The van der Waals surface area contributed by atoms with Gasteiger partial charge in [-0.25, -0.2) is 0 Å². The van der Waals surface area contributed by atoms with Crippen molar-refractivity contribution < 1.29 is 9.53 Å². The molecule has 1 saturated heterocycles. The minimum absolute atomic E-state index is 0.180. The van der Waals surface area contributed by atoms with Crippen molar-refractivity contribution in [1.82, 2.24) is 25.4 Å². The van der Waals surface area contributed by atoms with Crippen LogP contribution in [0.2, 0.25) is 0 Å². The molecule has 1 amide bonds. The lowest BCUT2D eigenvalue weighted by atomic mass is 10.1. The maximum Gasteiger partial charge on any atom is 0.271 e. The number of nitrogens with one attached hydrogen (secondary N) is 1. The predicted octanol–water partition coefficient (Wildman–Crippen LogP) is 3.13. The molecule has 1 fully saturated rings. The van der Waals surface area contributed by atoms with Gasteiger partial charge in [-0.15, -0.1) is 10.2 Å². The monoisotopic (exact) mass is 484 g/mol. The van der Waals surface area contributed by atoms with E-state index >= 15 is 0 Å². The van der Waals surface area contributed by atoms with Gasteiger partial charge in [0, 0.05) is 56.6 Å². The number of hydrogen-bond donors (Lipinski definition) is 1. The Morgan fingerprint density at radius 1 is 1.03 bits per heavy atom. The van der Waals surface area contributed by atoms with Crippen molar-refractivity contribution in [2.75, 3.05) is 44.2 Å². The molecular weight excluding hydrogens is 452 g/mol. The maximum absolute atomic E-state index is 12.1. The van der Waals surface area contributed by atoms with Crippen LogP contribution in [0, 0.1) is 11.8 Å². The number of hydrogen-bond acceptors (Lipinski definition) is 7. The Morgan fingerprint density at radius 3 is 2.61 bits per heavy atom. The van der Waals surface area contributed by atoms with Crippen molar-refractivity contribution in [1.29, 1.82) is 0 Å². The van der Waals surface area contributed by atoms with Gasteiger partial charge in [0.2, 0.25) is 0 Å². The van der Waals surface area contributed by atoms with Crippen molar-refractivity contribution in [2.45, 2.75) is 26.8 Å². The smallest absolute Gasteiger partial charge is 0.271 e. The van der Waals surface area contributed by atoms with E-state index < -0.39 is 0 Å². The van der Waals surface area contributed by atoms with Gasteiger partial charge in [0.1, 0.15) is 5.75 Å². The van der Waals surface area contributed by atoms with Gasteiger partial charge in [-0.2, -0.15) is 0 Å². The van der Waals surface area contributed by atoms with Crippen LogP contribution in [0.5, 0.6) is 5.75 Å². The average molecular weight is 485 g/mol. The van der Waals surface area contributed by atoms with E-state index in [1.807, 2.05) is 32.0 Å². The topological polar surface area (TPSA) is 83.5 Å². The number of nitrogens with zero attached hydrogens (tertiary/aromatic N) is 5. The van der Waals surface area contributed by atoms with E-state index in [4.69, 9.17) is 4.74 Å². The second-order valence-electron chi connectivity index (χ2n) is 8.55. The number of carbonyl (C=O) groups excluding carboxylic acids is 1. The van der Waals surface area contributed by atoms with E-state index in [0.29, 0.717) is 18.8 Å². The highest BCUT2D eigenvalue weighted by Crippen LogP contribution is 2.17. The van der Waals surface area contributed by atoms with Gasteiger partial charge in [-0.3, -0.25) is 14.7 Å². The first kappa shape index (κ1) is 25.1. The number of amides is 1. The molecule has 0 aliphatic carbocycles. The third-order valence-corrected chi connectivity index (χ3v) is 5.89. The summed E-state index contributed by atoms with van der Waals surface area (Å²) in [6, 6.07) is 13.8. The highest BCUT2D eigenvalue weighted by atomic mass is 16.5. The first-order valence-electron chi connectivity index (χ1n) is 12.4. The zero-order valence-electron chi connectivity index (χ0n) is 20.9. The molecule has 0 bridgehead atoms. The van der Waals surface area contributed by atoms with Crippen molar-refractivity contribution in [3.05, 3.63) is 77.2 Å². The first-order valence-corrected chi connectivity index (χ1v) is 12.4. The van der Waals surface area contributed by atoms with Crippen LogP contribution in [0.4, 0.5) is 5.82 Å². The largest absolute Gasteiger partial charge is 0.492 e. The second-order valence-corrected chi connectivity index (χ2v) is 8.55. The molecule has 0 saturated carbocycles. The lowest BCUT2D eigenvalue weighted by Gasteiger charge is -2.35. The quantitative estimate of drug-likeness (QED) is 0.492. The summed E-state index contributed by atoms with van der Waals surface area (Å²) in [7, 11) is 0. The molecule has 3 aromatic rings. The molecule has 3 heterocycles. The first-order chi connectivity index (χ1) is 17.7. The summed E-state index contributed by atoms with van der Waals surface area (Å²) in [6.07, 6.45) is 4.34. The average Bonchev–Trinajstić information content (AvgIpc) is 2.92. The minimum Gasteiger partial charge on any atom is -0.492 e. The minimum atomic E-state index is -0.180. The van der Waals surface area contributed by atoms with Crippen LogP contribution in [0.25, 0.3) is 0 Å². The van der Waals surface area contributed by atoms with Crippen molar-refractivity contribution in [3.63, 3.8) is 0 Å². The van der Waals surface area contributed by atoms with Gasteiger partial charge in [-0.1, -0.05) is 37.0 Å². The summed E-state index contributed by atoms with van der Waals surface area (Å²) in [4.78, 5) is 20.9. The fraction of sp³-hybridized carbons (Fsp3) is 0.357. The molecule has 1 aliphatic rings. The van der Waals surface area contributed by atoms with E-state index in [1.54, 1.807) is 18.5 Å². The van der Waals surface area contributed by atoms with Crippen LogP contribution < -0.4 is 15.0 Å². The second kappa shape index (κ2) is 12.7. The van der Waals surface area contributed by atoms with Crippen LogP contribution in [0.15, 0.2) is 54.9 Å². The molecule has 2 aromatic heterocycles. The highest BCUT2D eigenvalue weighted by Gasteiger charge is 2.19. The Morgan fingerprint density at radius 2 is 1.86 bits per heavy atom. The summed E-state index contributed by atoms with van der Waals surface area (Å²) in [6.45, 7) is 9.54. The Hall–Kier alpha value is -3.96. The molecule has 0 spiro atoms. The van der Waals surface area contributed by atoms with Crippen molar-refractivity contribution in [3.8, 4) is 17.6 Å². The van der Waals surface area contributed by atoms with Crippen molar-refractivity contribution in [2.24, 2.45) is 0 Å². The highest BCUT2D eigenvalue weighted by molar-refractivity contribution is 5.92. The number of rotatable bonds is 8. The lowest BCUT2D eigenvalue weighted by Crippen LogP contribution is -2.46. The van der Waals surface area contributed by atoms with Crippen molar-refractivity contribution >= 4 is 11.7 Å². The molecule has 1 aliphatic heterocycles. The standard InChI is InChI=1S/C28H32N6O2/c1-3-13-30-28(35)26-11-12-27(32-31-26)34-16-14-33(15-17-34)21-24-8-6-5-7-23(24)10-9-22-18-25(36-4-2)20-29-19-22/h5-8,11-12,18-20H,3-4,13-17,21H2,1-2H3,(H,30,35). The molecule has 0 radical (unpaired) electrons. The number of benzene rings is 1. The SMILES string of the molecule is CCCNC(=O)c1ccc(N2CCN(Cc3ccccc3C#Cc3cncc(OCC)c3)CC2)nn1. The summed E-state index contributed by atoms with van der Waals surface area (Å²) >= 11 is 0. The van der Waals surface area contributed by atoms with Gasteiger partial charge < -0.3 is 15.0 Å². The number of carbonyl (C=O) groups is 1. The third kappa shape index (κ3) is 6.80. The molecule has 0 unspecified atom stereocenters. The normalized spacial score (nSPS) is 13.6. The van der Waals surface area contributed by atoms with E-state index in [9.17, 15) is 4.79 Å². The fourth-order valence-corrected chi connectivity index (χ4v) is 3.97. The van der Waals surface area contributed by atoms with Gasteiger partial charge in [0.05, 0.1) is 12.8 Å². The Labute approximate surface area is 212 Å². The van der Waals surface area contributed by atoms with Crippen LogP contribution in [-0.2, 0) is 6.54 Å². The Bertz CT molecular complexity index is 1210. The molecule has 1 aromatic carbocycles. The molecule has 8 nitrogen and oxygen atoms in total. The predicted molar refractivity (Wildman–Crippen MR) is 140 cm³/mol. The van der Waals surface area contributed by atoms with Gasteiger partial charge in [0.15, 0.2) is 11.5 Å². The van der Waals surface area contributed by atoms with Gasteiger partial charge in [-0.05, 0) is 43.2 Å². The number of aromatic nitrogens is 3. The van der Waals surface area contributed by atoms with Gasteiger partial charge in [0.25, 0.3) is 5.91 Å². The van der Waals surface area contributed by atoms with E-state index in [2.05, 4.69) is 60.3 Å². The summed E-state index contributed by atoms with van der Waals surface area (Å²) < 4.78 is 5.53. The number of piperazine rings is 1. The number of ether oxygens (including phenoxy) is 1. The van der Waals surface area contributed by atoms with Crippen LogP contribution in [0.3, 0.4) is 0 Å². The van der Waals surface area contributed by atoms with E-state index in [0.717, 1.165) is 61.8 Å². The van der Waals surface area contributed by atoms with E-state index in [1.165, 1.54) is 5.56 Å². The molecule has 0 atom stereocenters. The number of anilines is 1. The molecule has 36 heavy (non-hydrogen) atoms. The third-order valence-electron chi connectivity index (χ3n) is 5.89. The fourth-order valence-electron chi connectivity index (χ4n) is 3.97. The zero-order valence-corrected chi connectivity index (χ0v) is 20.9. The summed E-state index contributed by atoms with van der Waals surface area (Å²) in [5.41, 5.74) is 3.41. The summed E-state index contributed by atoms with van der Waals surface area (Å²) in [5, 5.41) is 11.2. The lowest BCUT2D eigenvalue weighted by molar-refractivity contribution is 0.0947. The molecule has 1 N–H and O–H groups in total. The molecular formula is C28H32N6O2. The van der Waals surface area contributed by atoms with Crippen LogP contribution >= 0.6 is 0 Å². The zero-order chi connectivity index (χ0) is 25.2. The Balaban J connectivity index is 1.35. The van der Waals surface area contributed by atoms with Gasteiger partial charge >= 0.3 is 0 Å². The van der Waals surface area contributed by atoms with E-state index in [-0.39, 0.29) is 5.91 Å². The number of pyridine rings is 1. The molecule has 8 heteroatoms. The van der Waals surface area contributed by atoms with Crippen LogP contribution in [0.1, 0.15) is 47.4 Å². The molecule has 4 rings (SSSR count). The van der Waals surface area contributed by atoms with Crippen LogP contribution in [-0.4, -0.2) is 65.3 Å².